The minimum Gasteiger partial charge on any atom is -0.384 e. The standard InChI is InChI=1S/C13H21N3/c1-10-15-12(9-13(14)16-10)11-7-5-3-2-4-6-8-11/h9,11H,2-8H2,1H3,(H2,14,15,16). The van der Waals surface area contributed by atoms with Crippen LogP contribution in [0.3, 0.4) is 0 Å². The SMILES string of the molecule is Cc1nc(N)cc(C2CCCCCCC2)n1. The molecule has 0 amide bonds. The number of nitrogen functional groups attached to an aromatic ring is 1. The molecule has 0 bridgehead atoms. The third-order valence-corrected chi connectivity index (χ3v) is 3.40. The summed E-state index contributed by atoms with van der Waals surface area (Å²) in [5.41, 5.74) is 6.94. The highest BCUT2D eigenvalue weighted by Crippen LogP contribution is 2.30. The maximum atomic E-state index is 5.78. The van der Waals surface area contributed by atoms with E-state index in [4.69, 9.17) is 5.73 Å². The fourth-order valence-corrected chi connectivity index (χ4v) is 2.58. The van der Waals surface area contributed by atoms with Crippen LogP contribution >= 0.6 is 0 Å². The molecule has 1 aromatic heterocycles. The summed E-state index contributed by atoms with van der Waals surface area (Å²) in [7, 11) is 0. The van der Waals surface area contributed by atoms with Gasteiger partial charge in [0, 0.05) is 17.7 Å². The zero-order valence-electron chi connectivity index (χ0n) is 10.1. The molecule has 16 heavy (non-hydrogen) atoms. The summed E-state index contributed by atoms with van der Waals surface area (Å²) in [5.74, 6) is 2.02. The summed E-state index contributed by atoms with van der Waals surface area (Å²) in [6.07, 6.45) is 9.32. The number of hydrogen-bond donors (Lipinski definition) is 1. The lowest BCUT2D eigenvalue weighted by Crippen LogP contribution is -2.07. The van der Waals surface area contributed by atoms with Crippen molar-refractivity contribution in [1.82, 2.24) is 9.97 Å². The first-order valence-electron chi connectivity index (χ1n) is 6.37. The van der Waals surface area contributed by atoms with Crippen molar-refractivity contribution in [3.05, 3.63) is 17.6 Å². The highest BCUT2D eigenvalue weighted by Gasteiger charge is 2.15. The Kier molecular flexibility index (Phi) is 3.75. The maximum absolute atomic E-state index is 5.78. The number of aromatic nitrogens is 2. The number of rotatable bonds is 1. The van der Waals surface area contributed by atoms with Gasteiger partial charge in [-0.05, 0) is 19.8 Å². The molecule has 3 nitrogen and oxygen atoms in total. The molecule has 0 radical (unpaired) electrons. The van der Waals surface area contributed by atoms with E-state index in [1.54, 1.807) is 0 Å². The predicted octanol–water partition coefficient (Wildman–Crippen LogP) is 3.20. The predicted molar refractivity (Wildman–Crippen MR) is 66.2 cm³/mol. The van der Waals surface area contributed by atoms with Crippen molar-refractivity contribution >= 4 is 5.82 Å². The number of hydrogen-bond acceptors (Lipinski definition) is 3. The van der Waals surface area contributed by atoms with Gasteiger partial charge in [0.05, 0.1) is 0 Å². The van der Waals surface area contributed by atoms with Crippen LogP contribution in [-0.4, -0.2) is 9.97 Å². The molecule has 0 spiro atoms. The number of anilines is 1. The second-order valence-electron chi connectivity index (χ2n) is 4.81. The van der Waals surface area contributed by atoms with Crippen LogP contribution in [0.4, 0.5) is 5.82 Å². The average molecular weight is 219 g/mol. The Morgan fingerprint density at radius 2 is 1.69 bits per heavy atom. The molecular weight excluding hydrogens is 198 g/mol. The van der Waals surface area contributed by atoms with E-state index >= 15 is 0 Å². The van der Waals surface area contributed by atoms with E-state index in [-0.39, 0.29) is 0 Å². The van der Waals surface area contributed by atoms with Crippen molar-refractivity contribution in [3.63, 3.8) is 0 Å². The van der Waals surface area contributed by atoms with Gasteiger partial charge in [-0.2, -0.15) is 0 Å². The zero-order valence-corrected chi connectivity index (χ0v) is 10.1. The zero-order chi connectivity index (χ0) is 11.4. The van der Waals surface area contributed by atoms with E-state index in [0.717, 1.165) is 11.5 Å². The lowest BCUT2D eigenvalue weighted by molar-refractivity contribution is 0.448. The molecular formula is C13H21N3. The summed E-state index contributed by atoms with van der Waals surface area (Å²) in [5, 5.41) is 0. The van der Waals surface area contributed by atoms with E-state index in [1.807, 2.05) is 13.0 Å². The normalized spacial score (nSPS) is 19.1. The molecule has 0 atom stereocenters. The molecule has 1 saturated carbocycles. The van der Waals surface area contributed by atoms with E-state index in [2.05, 4.69) is 9.97 Å². The number of aryl methyl sites for hydroxylation is 1. The first kappa shape index (κ1) is 11.4. The summed E-state index contributed by atoms with van der Waals surface area (Å²) in [6, 6.07) is 1.96. The summed E-state index contributed by atoms with van der Waals surface area (Å²) in [6.45, 7) is 1.92. The Hall–Kier alpha value is -1.12. The molecule has 88 valence electrons. The van der Waals surface area contributed by atoms with Gasteiger partial charge < -0.3 is 5.73 Å². The van der Waals surface area contributed by atoms with Gasteiger partial charge in [0.25, 0.3) is 0 Å². The first-order chi connectivity index (χ1) is 7.75. The molecule has 0 unspecified atom stereocenters. The van der Waals surface area contributed by atoms with Crippen molar-refractivity contribution < 1.29 is 0 Å². The molecule has 3 heteroatoms. The summed E-state index contributed by atoms with van der Waals surface area (Å²) >= 11 is 0. The fourth-order valence-electron chi connectivity index (χ4n) is 2.58. The topological polar surface area (TPSA) is 51.8 Å². The van der Waals surface area contributed by atoms with Crippen LogP contribution in [0.1, 0.15) is 62.4 Å². The maximum Gasteiger partial charge on any atom is 0.127 e. The van der Waals surface area contributed by atoms with Gasteiger partial charge in [-0.3, -0.25) is 0 Å². The van der Waals surface area contributed by atoms with Crippen LogP contribution < -0.4 is 5.73 Å². The van der Waals surface area contributed by atoms with Gasteiger partial charge in [0.2, 0.25) is 0 Å². The second-order valence-corrected chi connectivity index (χ2v) is 4.81. The van der Waals surface area contributed by atoms with Gasteiger partial charge in [-0.1, -0.05) is 32.1 Å². The quantitative estimate of drug-likeness (QED) is 0.789. The second kappa shape index (κ2) is 5.28. The third-order valence-electron chi connectivity index (χ3n) is 3.40. The molecule has 0 saturated heterocycles. The van der Waals surface area contributed by atoms with Crippen LogP contribution in [0, 0.1) is 6.92 Å². The Morgan fingerprint density at radius 1 is 1.06 bits per heavy atom. The monoisotopic (exact) mass is 219 g/mol. The minimum atomic E-state index is 0.601. The Labute approximate surface area is 97.5 Å². The van der Waals surface area contributed by atoms with Crippen molar-refractivity contribution in [2.45, 2.75) is 57.8 Å². The van der Waals surface area contributed by atoms with Crippen LogP contribution in [0.25, 0.3) is 0 Å². The van der Waals surface area contributed by atoms with Crippen LogP contribution in [-0.2, 0) is 0 Å². The van der Waals surface area contributed by atoms with Gasteiger partial charge in [0.1, 0.15) is 11.6 Å². The smallest absolute Gasteiger partial charge is 0.127 e. The van der Waals surface area contributed by atoms with E-state index in [0.29, 0.717) is 11.7 Å². The average Bonchev–Trinajstić information content (AvgIpc) is 2.14. The van der Waals surface area contributed by atoms with Crippen LogP contribution in [0.15, 0.2) is 6.07 Å². The van der Waals surface area contributed by atoms with Crippen molar-refractivity contribution in [2.75, 3.05) is 5.73 Å². The van der Waals surface area contributed by atoms with Crippen LogP contribution in [0.2, 0.25) is 0 Å². The number of nitrogens with two attached hydrogens (primary N) is 1. The Balaban J connectivity index is 2.13. The van der Waals surface area contributed by atoms with E-state index in [9.17, 15) is 0 Å². The van der Waals surface area contributed by atoms with Gasteiger partial charge in [0.15, 0.2) is 0 Å². The lowest BCUT2D eigenvalue weighted by atomic mass is 9.89. The molecule has 2 rings (SSSR count). The van der Waals surface area contributed by atoms with E-state index < -0.39 is 0 Å². The van der Waals surface area contributed by atoms with Crippen molar-refractivity contribution in [2.24, 2.45) is 0 Å². The molecule has 1 aliphatic rings. The molecule has 1 fully saturated rings. The summed E-state index contributed by atoms with van der Waals surface area (Å²) in [4.78, 5) is 8.68. The van der Waals surface area contributed by atoms with Gasteiger partial charge in [-0.25, -0.2) is 9.97 Å². The van der Waals surface area contributed by atoms with Gasteiger partial charge in [-0.15, -0.1) is 0 Å². The largest absolute Gasteiger partial charge is 0.384 e. The van der Waals surface area contributed by atoms with E-state index in [1.165, 1.54) is 44.9 Å². The summed E-state index contributed by atoms with van der Waals surface area (Å²) < 4.78 is 0. The molecule has 0 aliphatic heterocycles. The van der Waals surface area contributed by atoms with Crippen LogP contribution in [0.5, 0.6) is 0 Å². The minimum absolute atomic E-state index is 0.601. The third kappa shape index (κ3) is 2.94. The molecule has 1 aromatic rings. The highest BCUT2D eigenvalue weighted by atomic mass is 14.9. The molecule has 1 heterocycles. The van der Waals surface area contributed by atoms with Gasteiger partial charge >= 0.3 is 0 Å². The Bertz CT molecular complexity index is 321. The lowest BCUT2D eigenvalue weighted by Gasteiger charge is -2.19. The van der Waals surface area contributed by atoms with Crippen molar-refractivity contribution in [3.8, 4) is 0 Å². The highest BCUT2D eigenvalue weighted by molar-refractivity contribution is 5.31. The molecule has 0 aromatic carbocycles. The Morgan fingerprint density at radius 3 is 2.31 bits per heavy atom. The van der Waals surface area contributed by atoms with Crippen molar-refractivity contribution in [1.29, 1.82) is 0 Å². The number of nitrogens with zero attached hydrogens (tertiary/aromatic N) is 2. The first-order valence-corrected chi connectivity index (χ1v) is 6.37. The fraction of sp³-hybridized carbons (Fsp3) is 0.692. The molecule has 1 aliphatic carbocycles. The molecule has 2 N–H and O–H groups in total.